The number of nitrogens with zero attached hydrogens (tertiary/aromatic N) is 2. The summed E-state index contributed by atoms with van der Waals surface area (Å²) >= 11 is 5.72. The lowest BCUT2D eigenvalue weighted by atomic mass is 9.82. The number of aliphatic hydroxyl groups is 1. The minimum Gasteiger partial charge on any atom is -0.393 e. The van der Waals surface area contributed by atoms with Crippen LogP contribution >= 0.6 is 11.6 Å². The van der Waals surface area contributed by atoms with Crippen LogP contribution in [0.25, 0.3) is 0 Å². The largest absolute Gasteiger partial charge is 0.393 e. The second-order valence-electron chi connectivity index (χ2n) is 4.76. The summed E-state index contributed by atoms with van der Waals surface area (Å²) in [6.45, 7) is 0. The smallest absolute Gasteiger partial charge is 0.229 e. The zero-order valence-electron chi connectivity index (χ0n) is 10.0. The Morgan fingerprint density at radius 1 is 1.42 bits per heavy atom. The topological polar surface area (TPSA) is 59.2 Å². The summed E-state index contributed by atoms with van der Waals surface area (Å²) in [6, 6.07) is 4.83. The fourth-order valence-corrected chi connectivity index (χ4v) is 2.34. The van der Waals surface area contributed by atoms with Gasteiger partial charge in [0.2, 0.25) is 5.89 Å². The number of aromatic nitrogens is 2. The van der Waals surface area contributed by atoms with Gasteiger partial charge < -0.3 is 9.63 Å². The lowest BCUT2D eigenvalue weighted by molar-refractivity contribution is 0.0625. The van der Waals surface area contributed by atoms with Crippen molar-refractivity contribution in [2.75, 3.05) is 0 Å². The van der Waals surface area contributed by atoms with Gasteiger partial charge in [0, 0.05) is 12.3 Å². The Balaban J connectivity index is 1.75. The molecule has 1 aliphatic rings. The summed E-state index contributed by atoms with van der Waals surface area (Å²) in [4.78, 5) is 4.23. The van der Waals surface area contributed by atoms with Crippen LogP contribution in [0.4, 0.5) is 4.39 Å². The van der Waals surface area contributed by atoms with Gasteiger partial charge in [0.15, 0.2) is 5.82 Å². The molecule has 19 heavy (non-hydrogen) atoms. The lowest BCUT2D eigenvalue weighted by Crippen LogP contribution is -2.26. The molecule has 1 aromatic carbocycles. The van der Waals surface area contributed by atoms with Gasteiger partial charge in [-0.25, -0.2) is 4.39 Å². The molecule has 0 radical (unpaired) electrons. The summed E-state index contributed by atoms with van der Waals surface area (Å²) in [5.74, 6) is 0.621. The average Bonchev–Trinajstić information content (AvgIpc) is 2.79. The molecular formula is C13H12ClFN2O2. The van der Waals surface area contributed by atoms with E-state index in [4.69, 9.17) is 16.1 Å². The van der Waals surface area contributed by atoms with Crippen molar-refractivity contribution >= 4 is 11.6 Å². The molecule has 4 nitrogen and oxygen atoms in total. The SMILES string of the molecule is OC1CC(c2nc(Cc3cccc(Cl)c3F)no2)C1. The first-order valence-corrected chi connectivity index (χ1v) is 6.44. The maximum atomic E-state index is 13.7. The standard InChI is InChI=1S/C13H12ClFN2O2/c14-10-3-1-2-7(12(10)15)6-11-16-13(19-17-11)8-4-9(18)5-8/h1-3,8-9,18H,4-6H2. The molecule has 2 aromatic rings. The van der Waals surface area contributed by atoms with Crippen molar-refractivity contribution in [1.29, 1.82) is 0 Å². The molecule has 0 spiro atoms. The molecule has 0 atom stereocenters. The maximum absolute atomic E-state index is 13.7. The van der Waals surface area contributed by atoms with Gasteiger partial charge >= 0.3 is 0 Å². The molecule has 0 unspecified atom stereocenters. The van der Waals surface area contributed by atoms with Crippen LogP contribution in [-0.2, 0) is 6.42 Å². The number of rotatable bonds is 3. The van der Waals surface area contributed by atoms with Gasteiger partial charge in [-0.3, -0.25) is 0 Å². The number of benzene rings is 1. The third kappa shape index (κ3) is 2.48. The molecule has 3 rings (SSSR count). The highest BCUT2D eigenvalue weighted by Gasteiger charge is 2.33. The quantitative estimate of drug-likeness (QED) is 0.940. The number of aliphatic hydroxyl groups excluding tert-OH is 1. The van der Waals surface area contributed by atoms with Crippen molar-refractivity contribution in [3.63, 3.8) is 0 Å². The third-order valence-electron chi connectivity index (χ3n) is 3.33. The molecule has 0 bridgehead atoms. The molecule has 1 aliphatic carbocycles. The average molecular weight is 283 g/mol. The predicted molar refractivity (Wildman–Crippen MR) is 66.5 cm³/mol. The van der Waals surface area contributed by atoms with Gasteiger partial charge in [-0.1, -0.05) is 28.9 Å². The van der Waals surface area contributed by atoms with Gasteiger partial charge in [0.1, 0.15) is 5.82 Å². The summed E-state index contributed by atoms with van der Waals surface area (Å²) in [5.41, 5.74) is 0.438. The minimum absolute atomic E-state index is 0.0864. The highest BCUT2D eigenvalue weighted by Crippen LogP contribution is 2.35. The van der Waals surface area contributed by atoms with Crippen LogP contribution in [0.15, 0.2) is 22.7 Å². The molecule has 0 saturated heterocycles. The summed E-state index contributed by atoms with van der Waals surface area (Å²) in [6.07, 6.45) is 1.26. The Bertz CT molecular complexity index is 596. The zero-order valence-corrected chi connectivity index (χ0v) is 10.8. The minimum atomic E-state index is -0.449. The summed E-state index contributed by atoms with van der Waals surface area (Å²) < 4.78 is 18.9. The molecule has 100 valence electrons. The first-order valence-electron chi connectivity index (χ1n) is 6.07. The predicted octanol–water partition coefficient (Wildman–Crippen LogP) is 2.69. The van der Waals surface area contributed by atoms with Crippen molar-refractivity contribution in [2.24, 2.45) is 0 Å². The highest BCUT2D eigenvalue weighted by molar-refractivity contribution is 6.30. The Hall–Kier alpha value is -1.46. The molecule has 1 N–H and O–H groups in total. The van der Waals surface area contributed by atoms with Gasteiger partial charge in [-0.05, 0) is 24.5 Å². The van der Waals surface area contributed by atoms with Crippen LogP contribution in [0.5, 0.6) is 0 Å². The molecule has 1 fully saturated rings. The van der Waals surface area contributed by atoms with Crippen molar-refractivity contribution in [1.82, 2.24) is 10.1 Å². The van der Waals surface area contributed by atoms with E-state index in [1.807, 2.05) is 0 Å². The maximum Gasteiger partial charge on any atom is 0.229 e. The fourth-order valence-electron chi connectivity index (χ4n) is 2.15. The van der Waals surface area contributed by atoms with Crippen molar-refractivity contribution in [2.45, 2.75) is 31.3 Å². The van der Waals surface area contributed by atoms with E-state index in [9.17, 15) is 9.50 Å². The van der Waals surface area contributed by atoms with Crippen LogP contribution in [-0.4, -0.2) is 21.4 Å². The molecule has 0 amide bonds. The monoisotopic (exact) mass is 282 g/mol. The van der Waals surface area contributed by atoms with Gasteiger partial charge in [0.05, 0.1) is 11.1 Å². The van der Waals surface area contributed by atoms with Crippen LogP contribution in [0.2, 0.25) is 5.02 Å². The van der Waals surface area contributed by atoms with Crippen molar-refractivity contribution in [3.05, 3.63) is 46.3 Å². The number of hydrogen-bond acceptors (Lipinski definition) is 4. The van der Waals surface area contributed by atoms with E-state index in [1.165, 1.54) is 6.07 Å². The third-order valence-corrected chi connectivity index (χ3v) is 3.62. The Kier molecular flexibility index (Phi) is 3.24. The van der Waals surface area contributed by atoms with E-state index >= 15 is 0 Å². The van der Waals surface area contributed by atoms with E-state index < -0.39 is 5.82 Å². The zero-order chi connectivity index (χ0) is 13.4. The molecule has 0 aliphatic heterocycles. The Morgan fingerprint density at radius 2 is 2.21 bits per heavy atom. The Labute approximate surface area is 114 Å². The molecule has 1 aromatic heterocycles. The van der Waals surface area contributed by atoms with Gasteiger partial charge in [-0.15, -0.1) is 0 Å². The molecule has 6 heteroatoms. The van der Waals surface area contributed by atoms with E-state index in [2.05, 4.69) is 10.1 Å². The van der Waals surface area contributed by atoms with E-state index in [0.29, 0.717) is 30.1 Å². The number of hydrogen-bond donors (Lipinski definition) is 1. The second kappa shape index (κ2) is 4.90. The lowest BCUT2D eigenvalue weighted by Gasteiger charge is -2.27. The first-order chi connectivity index (χ1) is 9.13. The van der Waals surface area contributed by atoms with Crippen LogP contribution in [0.1, 0.15) is 36.0 Å². The van der Waals surface area contributed by atoms with E-state index in [-0.39, 0.29) is 23.5 Å². The molecule has 1 saturated carbocycles. The van der Waals surface area contributed by atoms with Crippen LogP contribution < -0.4 is 0 Å². The van der Waals surface area contributed by atoms with E-state index in [0.717, 1.165) is 0 Å². The molecule has 1 heterocycles. The second-order valence-corrected chi connectivity index (χ2v) is 5.17. The number of halogens is 2. The van der Waals surface area contributed by atoms with Gasteiger partial charge in [0.25, 0.3) is 0 Å². The summed E-state index contributed by atoms with van der Waals surface area (Å²) in [7, 11) is 0. The van der Waals surface area contributed by atoms with Gasteiger partial charge in [-0.2, -0.15) is 4.98 Å². The summed E-state index contributed by atoms with van der Waals surface area (Å²) in [5, 5.41) is 13.2. The normalized spacial score (nSPS) is 22.3. The highest BCUT2D eigenvalue weighted by atomic mass is 35.5. The van der Waals surface area contributed by atoms with Crippen LogP contribution in [0.3, 0.4) is 0 Å². The van der Waals surface area contributed by atoms with Crippen LogP contribution in [0, 0.1) is 5.82 Å². The van der Waals surface area contributed by atoms with Crippen molar-refractivity contribution < 1.29 is 14.0 Å². The molecular weight excluding hydrogens is 271 g/mol. The van der Waals surface area contributed by atoms with E-state index in [1.54, 1.807) is 12.1 Å². The fraction of sp³-hybridized carbons (Fsp3) is 0.385. The first kappa shape index (κ1) is 12.6. The Morgan fingerprint density at radius 3 is 2.95 bits per heavy atom. The van der Waals surface area contributed by atoms with Crippen molar-refractivity contribution in [3.8, 4) is 0 Å².